The van der Waals surface area contributed by atoms with E-state index in [1.807, 2.05) is 0 Å². The predicted molar refractivity (Wildman–Crippen MR) is 80.1 cm³/mol. The van der Waals surface area contributed by atoms with Crippen molar-refractivity contribution in [2.75, 3.05) is 0 Å². The Bertz CT molecular complexity index is 890. The van der Waals surface area contributed by atoms with Crippen LogP contribution in [0, 0.1) is 10.1 Å². The van der Waals surface area contributed by atoms with E-state index in [9.17, 15) is 18.5 Å². The molecule has 1 heterocycles. The summed E-state index contributed by atoms with van der Waals surface area (Å²) in [7, 11) is -3.57. The fraction of sp³-hybridized carbons (Fsp3) is 0.0714. The predicted octanol–water partition coefficient (Wildman–Crippen LogP) is 1.83. The molecule has 7 nitrogen and oxygen atoms in total. The van der Waals surface area contributed by atoms with Crippen LogP contribution in [0.1, 0.15) is 11.1 Å². The number of nitrogens with one attached hydrogen (secondary N) is 1. The number of fused-ring (bicyclic) bond motifs is 1. The topological polar surface area (TPSA) is 102 Å². The van der Waals surface area contributed by atoms with Gasteiger partial charge < -0.3 is 0 Å². The Labute approximate surface area is 126 Å². The summed E-state index contributed by atoms with van der Waals surface area (Å²) < 4.78 is 26.3. The summed E-state index contributed by atoms with van der Waals surface area (Å²) in [5.74, 6) is 0.252. The highest BCUT2D eigenvalue weighted by molar-refractivity contribution is 7.90. The molecule has 0 atom stereocenters. The molecule has 0 saturated heterocycles. The van der Waals surface area contributed by atoms with E-state index >= 15 is 0 Å². The fourth-order valence-electron chi connectivity index (χ4n) is 2.19. The van der Waals surface area contributed by atoms with Crippen molar-refractivity contribution in [1.82, 2.24) is 4.72 Å². The van der Waals surface area contributed by atoms with Crippen molar-refractivity contribution >= 4 is 21.5 Å². The molecule has 2 aromatic rings. The summed E-state index contributed by atoms with van der Waals surface area (Å²) in [6.45, 7) is 0.147. The van der Waals surface area contributed by atoms with Gasteiger partial charge >= 0.3 is 0 Å². The second-order valence-corrected chi connectivity index (χ2v) is 6.34. The van der Waals surface area contributed by atoms with Gasteiger partial charge in [0.15, 0.2) is 0 Å². The average molecular weight is 317 g/mol. The number of nitro groups is 1. The van der Waals surface area contributed by atoms with Crippen LogP contribution >= 0.6 is 0 Å². The molecule has 1 aliphatic heterocycles. The Hall–Kier alpha value is -2.74. The van der Waals surface area contributed by atoms with Gasteiger partial charge in [-0.1, -0.05) is 24.3 Å². The van der Waals surface area contributed by atoms with E-state index in [4.69, 9.17) is 0 Å². The smallest absolute Gasteiger partial charge is 0.263 e. The van der Waals surface area contributed by atoms with E-state index < -0.39 is 14.9 Å². The normalized spacial score (nSPS) is 17.0. The summed E-state index contributed by atoms with van der Waals surface area (Å²) in [4.78, 5) is 14.7. The first-order valence-corrected chi connectivity index (χ1v) is 7.86. The van der Waals surface area contributed by atoms with Gasteiger partial charge in [0.2, 0.25) is 0 Å². The molecule has 0 aliphatic carbocycles. The number of sulfonamides is 1. The van der Waals surface area contributed by atoms with E-state index in [0.29, 0.717) is 11.1 Å². The zero-order chi connectivity index (χ0) is 15.7. The van der Waals surface area contributed by atoms with Crippen LogP contribution in [0.15, 0.2) is 58.4 Å². The van der Waals surface area contributed by atoms with Crippen molar-refractivity contribution in [1.29, 1.82) is 0 Å². The molecule has 8 heteroatoms. The highest BCUT2D eigenvalue weighted by atomic mass is 32.2. The molecule has 0 fully saturated rings. The van der Waals surface area contributed by atoms with Gasteiger partial charge in [-0.05, 0) is 17.7 Å². The minimum absolute atomic E-state index is 0.0231. The zero-order valence-corrected chi connectivity index (χ0v) is 12.1. The van der Waals surface area contributed by atoms with E-state index in [1.54, 1.807) is 30.3 Å². The molecule has 3 rings (SSSR count). The summed E-state index contributed by atoms with van der Waals surface area (Å²) in [5, 5.41) is 10.7. The van der Waals surface area contributed by atoms with Gasteiger partial charge in [0.05, 0.1) is 16.4 Å². The number of rotatable bonds is 3. The molecule has 0 unspecified atom stereocenters. The van der Waals surface area contributed by atoms with Crippen molar-refractivity contribution in [2.24, 2.45) is 4.99 Å². The standard InChI is InChI=1S/C14H11N3O4S/c18-17(19)11-5-3-4-10(8-11)9-15-14-12-6-1-2-7-13(12)22(20,21)16-14/h1-8H,9H2,(H,15,16). The number of nitro benzene ring substituents is 1. The molecular weight excluding hydrogens is 306 g/mol. The van der Waals surface area contributed by atoms with Crippen LogP contribution in [0.5, 0.6) is 0 Å². The average Bonchev–Trinajstić information content (AvgIpc) is 2.77. The first kappa shape index (κ1) is 14.2. The Balaban J connectivity index is 1.92. The van der Waals surface area contributed by atoms with Crippen LogP contribution in [-0.4, -0.2) is 19.2 Å². The molecule has 0 aromatic heterocycles. The van der Waals surface area contributed by atoms with Gasteiger partial charge in [-0.25, -0.2) is 8.42 Å². The SMILES string of the molecule is O=[N+]([O-])c1cccc(CN=C2NS(=O)(=O)c3ccccc32)c1. The molecule has 0 saturated carbocycles. The molecule has 2 aromatic carbocycles. The van der Waals surface area contributed by atoms with E-state index in [-0.39, 0.29) is 23.0 Å². The number of aliphatic imine (C=N–C) groups is 1. The second kappa shape index (κ2) is 5.23. The summed E-state index contributed by atoms with van der Waals surface area (Å²) in [5.41, 5.74) is 1.11. The quantitative estimate of drug-likeness (QED) is 0.689. The number of hydrogen-bond donors (Lipinski definition) is 1. The maximum Gasteiger partial charge on any atom is 0.269 e. The van der Waals surface area contributed by atoms with Gasteiger partial charge in [0.25, 0.3) is 15.7 Å². The lowest BCUT2D eigenvalue weighted by molar-refractivity contribution is -0.384. The zero-order valence-electron chi connectivity index (χ0n) is 11.3. The number of amidine groups is 1. The van der Waals surface area contributed by atoms with Crippen molar-refractivity contribution < 1.29 is 13.3 Å². The second-order valence-electron chi connectivity index (χ2n) is 4.69. The van der Waals surface area contributed by atoms with Crippen molar-refractivity contribution in [3.05, 3.63) is 69.8 Å². The summed E-state index contributed by atoms with van der Waals surface area (Å²) in [6, 6.07) is 12.6. The van der Waals surface area contributed by atoms with E-state index in [2.05, 4.69) is 9.71 Å². The fourth-order valence-corrected chi connectivity index (χ4v) is 3.44. The maximum absolute atomic E-state index is 11.9. The molecule has 0 bridgehead atoms. The first-order valence-electron chi connectivity index (χ1n) is 6.37. The molecule has 0 radical (unpaired) electrons. The minimum Gasteiger partial charge on any atom is -0.263 e. The third-order valence-electron chi connectivity index (χ3n) is 3.20. The van der Waals surface area contributed by atoms with Gasteiger partial charge in [0.1, 0.15) is 5.84 Å². The monoisotopic (exact) mass is 317 g/mol. The summed E-state index contributed by atoms with van der Waals surface area (Å²) >= 11 is 0. The van der Waals surface area contributed by atoms with Crippen LogP contribution in [0.2, 0.25) is 0 Å². The molecule has 0 amide bonds. The van der Waals surface area contributed by atoms with Crippen LogP contribution in [0.25, 0.3) is 0 Å². The van der Waals surface area contributed by atoms with Crippen molar-refractivity contribution in [3.63, 3.8) is 0 Å². The van der Waals surface area contributed by atoms with Gasteiger partial charge in [-0.3, -0.25) is 19.8 Å². The number of nitrogens with zero attached hydrogens (tertiary/aromatic N) is 2. The van der Waals surface area contributed by atoms with Crippen molar-refractivity contribution in [3.8, 4) is 0 Å². The summed E-state index contributed by atoms with van der Waals surface area (Å²) in [6.07, 6.45) is 0. The minimum atomic E-state index is -3.57. The van der Waals surface area contributed by atoms with Crippen LogP contribution in [-0.2, 0) is 16.6 Å². The third kappa shape index (κ3) is 2.56. The first-order chi connectivity index (χ1) is 10.5. The lowest BCUT2D eigenvalue weighted by Crippen LogP contribution is -2.22. The van der Waals surface area contributed by atoms with Crippen LogP contribution in [0.4, 0.5) is 5.69 Å². The van der Waals surface area contributed by atoms with Gasteiger partial charge in [0, 0.05) is 17.7 Å². The number of hydrogen-bond acceptors (Lipinski definition) is 5. The van der Waals surface area contributed by atoms with Gasteiger partial charge in [-0.15, -0.1) is 0 Å². The Morgan fingerprint density at radius 2 is 1.91 bits per heavy atom. The lowest BCUT2D eigenvalue weighted by Gasteiger charge is -2.00. The Morgan fingerprint density at radius 3 is 2.68 bits per heavy atom. The highest BCUT2D eigenvalue weighted by Gasteiger charge is 2.29. The maximum atomic E-state index is 11.9. The van der Waals surface area contributed by atoms with E-state index in [0.717, 1.165) is 0 Å². The van der Waals surface area contributed by atoms with Crippen LogP contribution < -0.4 is 4.72 Å². The van der Waals surface area contributed by atoms with E-state index in [1.165, 1.54) is 18.2 Å². The highest BCUT2D eigenvalue weighted by Crippen LogP contribution is 2.22. The number of benzene rings is 2. The van der Waals surface area contributed by atoms with Gasteiger partial charge in [-0.2, -0.15) is 0 Å². The molecule has 0 spiro atoms. The van der Waals surface area contributed by atoms with Crippen molar-refractivity contribution in [2.45, 2.75) is 11.4 Å². The lowest BCUT2D eigenvalue weighted by atomic mass is 10.2. The molecular formula is C14H11N3O4S. The third-order valence-corrected chi connectivity index (χ3v) is 4.60. The Kier molecular flexibility index (Phi) is 3.38. The molecule has 1 aliphatic rings. The molecule has 112 valence electrons. The molecule has 1 N–H and O–H groups in total. The number of non-ortho nitro benzene ring substituents is 1. The Morgan fingerprint density at radius 1 is 1.14 bits per heavy atom. The molecule has 22 heavy (non-hydrogen) atoms. The largest absolute Gasteiger partial charge is 0.269 e. The van der Waals surface area contributed by atoms with Crippen LogP contribution in [0.3, 0.4) is 0 Å².